The van der Waals surface area contributed by atoms with Crippen LogP contribution in [0.2, 0.25) is 0 Å². The number of halogens is 1. The fourth-order valence-corrected chi connectivity index (χ4v) is 2.69. The lowest BCUT2D eigenvalue weighted by Gasteiger charge is -2.10. The van der Waals surface area contributed by atoms with Gasteiger partial charge in [0.2, 0.25) is 5.95 Å². The molecule has 2 N–H and O–H groups in total. The van der Waals surface area contributed by atoms with Gasteiger partial charge >= 0.3 is 0 Å². The van der Waals surface area contributed by atoms with Crippen LogP contribution in [-0.2, 0) is 12.8 Å². The molecule has 0 aliphatic rings. The third-order valence-corrected chi connectivity index (χ3v) is 4.13. The first-order valence-electron chi connectivity index (χ1n) is 8.83. The fourth-order valence-electron chi connectivity index (χ4n) is 2.69. The Bertz CT molecular complexity index is 862. The third kappa shape index (κ3) is 4.79. The molecule has 0 amide bonds. The van der Waals surface area contributed by atoms with Crippen LogP contribution in [0.25, 0.3) is 0 Å². The molecule has 3 aromatic rings. The van der Waals surface area contributed by atoms with E-state index in [1.807, 2.05) is 31.2 Å². The van der Waals surface area contributed by atoms with Gasteiger partial charge in [0.25, 0.3) is 0 Å². The number of nitrogens with one attached hydrogen (secondary N) is 2. The molecule has 0 fully saturated rings. The Balaban J connectivity index is 1.64. The lowest BCUT2D eigenvalue weighted by Crippen LogP contribution is -2.09. The van der Waals surface area contributed by atoms with Crippen LogP contribution in [0.3, 0.4) is 0 Å². The molecule has 0 spiro atoms. The summed E-state index contributed by atoms with van der Waals surface area (Å²) in [5, 5.41) is 6.48. The zero-order chi connectivity index (χ0) is 18.4. The van der Waals surface area contributed by atoms with Crippen molar-refractivity contribution in [1.82, 2.24) is 9.97 Å². The molecule has 0 radical (unpaired) electrons. The molecule has 5 heteroatoms. The molecule has 0 atom stereocenters. The molecule has 0 bridgehead atoms. The molecule has 2 aromatic carbocycles. The predicted molar refractivity (Wildman–Crippen MR) is 104 cm³/mol. The van der Waals surface area contributed by atoms with Crippen molar-refractivity contribution < 1.29 is 4.39 Å². The van der Waals surface area contributed by atoms with Crippen molar-refractivity contribution in [1.29, 1.82) is 0 Å². The van der Waals surface area contributed by atoms with Crippen LogP contribution in [-0.4, -0.2) is 16.5 Å². The van der Waals surface area contributed by atoms with Gasteiger partial charge in [-0.25, -0.2) is 9.37 Å². The van der Waals surface area contributed by atoms with Gasteiger partial charge in [-0.15, -0.1) is 0 Å². The van der Waals surface area contributed by atoms with Crippen molar-refractivity contribution in [3.8, 4) is 0 Å². The highest BCUT2D eigenvalue weighted by molar-refractivity contribution is 5.55. The Morgan fingerprint density at radius 1 is 1.00 bits per heavy atom. The number of hydrogen-bond acceptors (Lipinski definition) is 4. The minimum Gasteiger partial charge on any atom is -0.370 e. The maximum absolute atomic E-state index is 13.7. The van der Waals surface area contributed by atoms with Crippen LogP contribution in [0.15, 0.2) is 54.6 Å². The maximum Gasteiger partial charge on any atom is 0.229 e. The number of hydrogen-bond donors (Lipinski definition) is 2. The van der Waals surface area contributed by atoms with E-state index in [0.717, 1.165) is 23.6 Å². The summed E-state index contributed by atoms with van der Waals surface area (Å²) >= 11 is 0. The Morgan fingerprint density at radius 2 is 1.77 bits per heavy atom. The van der Waals surface area contributed by atoms with E-state index in [1.54, 1.807) is 12.1 Å². The Labute approximate surface area is 153 Å². The number of rotatable bonds is 7. The van der Waals surface area contributed by atoms with Crippen LogP contribution in [0.5, 0.6) is 0 Å². The molecule has 134 valence electrons. The van der Waals surface area contributed by atoms with Gasteiger partial charge in [0, 0.05) is 24.0 Å². The van der Waals surface area contributed by atoms with Crippen molar-refractivity contribution >= 4 is 17.5 Å². The van der Waals surface area contributed by atoms with Crippen molar-refractivity contribution in [3.05, 3.63) is 77.2 Å². The van der Waals surface area contributed by atoms with Crippen molar-refractivity contribution in [2.45, 2.75) is 26.7 Å². The van der Waals surface area contributed by atoms with E-state index < -0.39 is 0 Å². The van der Waals surface area contributed by atoms with Crippen LogP contribution >= 0.6 is 0 Å². The molecule has 1 aromatic heterocycles. The second-order valence-corrected chi connectivity index (χ2v) is 6.16. The first-order chi connectivity index (χ1) is 12.6. The molecule has 1 heterocycles. The number of aromatic nitrogens is 2. The number of aryl methyl sites for hydroxylation is 2. The Kier molecular flexibility index (Phi) is 5.79. The van der Waals surface area contributed by atoms with Crippen LogP contribution in [0, 0.1) is 12.7 Å². The molecule has 0 saturated heterocycles. The van der Waals surface area contributed by atoms with E-state index in [9.17, 15) is 4.39 Å². The maximum atomic E-state index is 13.7. The van der Waals surface area contributed by atoms with Crippen molar-refractivity contribution in [2.75, 3.05) is 17.2 Å². The molecule has 3 rings (SSSR count). The van der Waals surface area contributed by atoms with Gasteiger partial charge in [-0.2, -0.15) is 4.98 Å². The van der Waals surface area contributed by atoms with Gasteiger partial charge in [0.15, 0.2) is 0 Å². The van der Waals surface area contributed by atoms with Gasteiger partial charge in [0.05, 0.1) is 0 Å². The molecule has 0 aliphatic heterocycles. The number of nitrogens with zero attached hydrogens (tertiary/aromatic N) is 2. The van der Waals surface area contributed by atoms with Gasteiger partial charge < -0.3 is 10.6 Å². The first-order valence-corrected chi connectivity index (χ1v) is 8.83. The highest BCUT2D eigenvalue weighted by Crippen LogP contribution is 2.17. The van der Waals surface area contributed by atoms with E-state index in [0.29, 0.717) is 24.5 Å². The average molecular weight is 350 g/mol. The molecule has 0 aliphatic carbocycles. The molecule has 0 unspecified atom stereocenters. The SMILES string of the molecule is CCc1ccc(Nc2nc(C)cc(NCCc3ccccc3F)n2)cc1. The summed E-state index contributed by atoms with van der Waals surface area (Å²) in [6.07, 6.45) is 1.61. The van der Waals surface area contributed by atoms with Gasteiger partial charge in [-0.1, -0.05) is 37.3 Å². The van der Waals surface area contributed by atoms with Gasteiger partial charge in [-0.3, -0.25) is 0 Å². The van der Waals surface area contributed by atoms with Crippen molar-refractivity contribution in [2.24, 2.45) is 0 Å². The zero-order valence-corrected chi connectivity index (χ0v) is 15.1. The average Bonchev–Trinajstić information content (AvgIpc) is 2.63. The van der Waals surface area contributed by atoms with Gasteiger partial charge in [0.1, 0.15) is 11.6 Å². The topological polar surface area (TPSA) is 49.8 Å². The predicted octanol–water partition coefficient (Wildman–Crippen LogP) is 4.88. The third-order valence-electron chi connectivity index (χ3n) is 4.13. The molecular weight excluding hydrogens is 327 g/mol. The summed E-state index contributed by atoms with van der Waals surface area (Å²) in [5.41, 5.74) is 3.79. The highest BCUT2D eigenvalue weighted by Gasteiger charge is 2.04. The lowest BCUT2D eigenvalue weighted by atomic mass is 10.1. The van der Waals surface area contributed by atoms with E-state index in [4.69, 9.17) is 0 Å². The summed E-state index contributed by atoms with van der Waals surface area (Å²) in [6, 6.07) is 16.9. The monoisotopic (exact) mass is 350 g/mol. The zero-order valence-electron chi connectivity index (χ0n) is 15.1. The van der Waals surface area contributed by atoms with Crippen molar-refractivity contribution in [3.63, 3.8) is 0 Å². The highest BCUT2D eigenvalue weighted by atomic mass is 19.1. The normalized spacial score (nSPS) is 10.6. The summed E-state index contributed by atoms with van der Waals surface area (Å²) in [4.78, 5) is 8.93. The fraction of sp³-hybridized carbons (Fsp3) is 0.238. The smallest absolute Gasteiger partial charge is 0.229 e. The second kappa shape index (κ2) is 8.43. The molecule has 26 heavy (non-hydrogen) atoms. The van der Waals surface area contributed by atoms with E-state index in [-0.39, 0.29) is 5.82 Å². The van der Waals surface area contributed by atoms with Gasteiger partial charge in [-0.05, 0) is 49.1 Å². The van der Waals surface area contributed by atoms with E-state index in [1.165, 1.54) is 11.6 Å². The second-order valence-electron chi connectivity index (χ2n) is 6.16. The van der Waals surface area contributed by atoms with E-state index in [2.05, 4.69) is 39.7 Å². The molecular formula is C21H23FN4. The summed E-state index contributed by atoms with van der Waals surface area (Å²) in [7, 11) is 0. The van der Waals surface area contributed by atoms with Crippen LogP contribution < -0.4 is 10.6 Å². The largest absolute Gasteiger partial charge is 0.370 e. The quantitative estimate of drug-likeness (QED) is 0.637. The minimum absolute atomic E-state index is 0.175. The first kappa shape index (κ1) is 17.9. The Hall–Kier alpha value is -2.95. The minimum atomic E-state index is -0.175. The summed E-state index contributed by atoms with van der Waals surface area (Å²) < 4.78 is 13.7. The molecule has 0 saturated carbocycles. The number of anilines is 3. The van der Waals surface area contributed by atoms with Crippen LogP contribution in [0.4, 0.5) is 21.8 Å². The summed E-state index contributed by atoms with van der Waals surface area (Å²) in [6.45, 7) is 4.66. The van der Waals surface area contributed by atoms with E-state index >= 15 is 0 Å². The standard InChI is InChI=1S/C21H23FN4/c1-3-16-8-10-18(11-9-16)25-21-24-15(2)14-20(26-21)23-13-12-17-6-4-5-7-19(17)22/h4-11,14H,3,12-13H2,1-2H3,(H2,23,24,25,26). The summed E-state index contributed by atoms with van der Waals surface area (Å²) in [5.74, 6) is 1.09. The lowest BCUT2D eigenvalue weighted by molar-refractivity contribution is 0.610. The Morgan fingerprint density at radius 3 is 2.50 bits per heavy atom. The molecule has 4 nitrogen and oxygen atoms in total. The number of benzene rings is 2. The van der Waals surface area contributed by atoms with Crippen LogP contribution in [0.1, 0.15) is 23.7 Å².